The number of alkyl halides is 2. The zero-order valence-electron chi connectivity index (χ0n) is 10.5. The van der Waals surface area contributed by atoms with E-state index in [1.807, 2.05) is 13.8 Å². The normalized spacial score (nSPS) is 21.5. The minimum absolute atomic E-state index is 0.0940. The number of methoxy groups -OCH3 is 1. The van der Waals surface area contributed by atoms with Gasteiger partial charge in [0.15, 0.2) is 0 Å². The molecular formula is C14H15F3O. The van der Waals surface area contributed by atoms with Crippen molar-refractivity contribution in [1.29, 1.82) is 0 Å². The number of rotatable bonds is 2. The van der Waals surface area contributed by atoms with Crippen molar-refractivity contribution in [2.24, 2.45) is 5.92 Å². The second kappa shape index (κ2) is 4.34. The number of hydrogen-bond donors (Lipinski definition) is 0. The predicted octanol–water partition coefficient (Wildman–Crippen LogP) is 4.20. The molecule has 1 aromatic carbocycles. The van der Waals surface area contributed by atoms with Gasteiger partial charge in [0, 0.05) is 17.6 Å². The van der Waals surface area contributed by atoms with Gasteiger partial charge in [-0.2, -0.15) is 8.78 Å². The van der Waals surface area contributed by atoms with E-state index < -0.39 is 11.7 Å². The van der Waals surface area contributed by atoms with Gasteiger partial charge in [-0.05, 0) is 23.6 Å². The van der Waals surface area contributed by atoms with Crippen LogP contribution >= 0.6 is 0 Å². The van der Waals surface area contributed by atoms with Crippen molar-refractivity contribution >= 4 is 0 Å². The van der Waals surface area contributed by atoms with Gasteiger partial charge in [0.2, 0.25) is 0 Å². The highest BCUT2D eigenvalue weighted by molar-refractivity contribution is 5.44. The third-order valence-electron chi connectivity index (χ3n) is 3.24. The van der Waals surface area contributed by atoms with E-state index in [0.717, 1.165) is 12.1 Å². The second-order valence-corrected chi connectivity index (χ2v) is 4.83. The molecule has 0 spiro atoms. The fourth-order valence-electron chi connectivity index (χ4n) is 2.46. The highest BCUT2D eigenvalue weighted by Crippen LogP contribution is 2.46. The standard InChI is InChI=1S/C14H15F3O/c1-8(2)13-10-5-4-9(15)6-11(10)14(16,17)7-12(13)18-3/h4-8,13H,1-3H3/t13-/m0/s1. The Kier molecular flexibility index (Phi) is 3.13. The zero-order valence-corrected chi connectivity index (χ0v) is 10.5. The Morgan fingerprint density at radius 3 is 2.50 bits per heavy atom. The van der Waals surface area contributed by atoms with Crippen molar-refractivity contribution in [1.82, 2.24) is 0 Å². The molecule has 2 rings (SSSR count). The van der Waals surface area contributed by atoms with E-state index in [1.54, 1.807) is 0 Å². The van der Waals surface area contributed by atoms with E-state index in [1.165, 1.54) is 19.2 Å². The van der Waals surface area contributed by atoms with E-state index in [0.29, 0.717) is 5.56 Å². The van der Waals surface area contributed by atoms with Crippen LogP contribution in [0.3, 0.4) is 0 Å². The third-order valence-corrected chi connectivity index (χ3v) is 3.24. The van der Waals surface area contributed by atoms with Gasteiger partial charge in [-0.15, -0.1) is 0 Å². The number of fused-ring (bicyclic) bond motifs is 1. The largest absolute Gasteiger partial charge is 0.501 e. The van der Waals surface area contributed by atoms with Crippen LogP contribution in [0, 0.1) is 11.7 Å². The Bertz CT molecular complexity index is 492. The number of allylic oxidation sites excluding steroid dienone is 2. The molecule has 1 aliphatic carbocycles. The van der Waals surface area contributed by atoms with Crippen molar-refractivity contribution in [3.05, 3.63) is 47.0 Å². The highest BCUT2D eigenvalue weighted by atomic mass is 19.3. The maximum atomic E-state index is 13.9. The van der Waals surface area contributed by atoms with Gasteiger partial charge in [-0.1, -0.05) is 19.9 Å². The molecule has 0 N–H and O–H groups in total. The van der Waals surface area contributed by atoms with Crippen molar-refractivity contribution in [3.63, 3.8) is 0 Å². The summed E-state index contributed by atoms with van der Waals surface area (Å²) in [6.07, 6.45) is 0.791. The first-order valence-electron chi connectivity index (χ1n) is 5.81. The fourth-order valence-corrected chi connectivity index (χ4v) is 2.46. The second-order valence-electron chi connectivity index (χ2n) is 4.83. The molecule has 4 heteroatoms. The SMILES string of the molecule is COC1=CC(F)(F)c2cc(F)ccc2[C@@H]1C(C)C. The van der Waals surface area contributed by atoms with Crippen LogP contribution in [0.15, 0.2) is 30.0 Å². The summed E-state index contributed by atoms with van der Waals surface area (Å²) in [6, 6.07) is 3.55. The summed E-state index contributed by atoms with van der Waals surface area (Å²) in [7, 11) is 1.38. The average molecular weight is 256 g/mol. The van der Waals surface area contributed by atoms with Gasteiger partial charge in [0.25, 0.3) is 5.92 Å². The molecule has 1 nitrogen and oxygen atoms in total. The molecule has 0 saturated carbocycles. The molecule has 1 aliphatic rings. The Morgan fingerprint density at radius 2 is 1.94 bits per heavy atom. The molecule has 98 valence electrons. The number of halogens is 3. The van der Waals surface area contributed by atoms with Crippen LogP contribution in [-0.2, 0) is 10.7 Å². The van der Waals surface area contributed by atoms with Gasteiger partial charge in [-0.25, -0.2) is 4.39 Å². The van der Waals surface area contributed by atoms with Crippen molar-refractivity contribution < 1.29 is 17.9 Å². The van der Waals surface area contributed by atoms with Crippen LogP contribution in [0.25, 0.3) is 0 Å². The smallest absolute Gasteiger partial charge is 0.295 e. The van der Waals surface area contributed by atoms with Crippen molar-refractivity contribution in [3.8, 4) is 0 Å². The molecule has 1 aromatic rings. The molecule has 18 heavy (non-hydrogen) atoms. The molecule has 0 fully saturated rings. The zero-order chi connectivity index (χ0) is 13.5. The van der Waals surface area contributed by atoms with Crippen LogP contribution in [0.2, 0.25) is 0 Å². The first kappa shape index (κ1) is 13.0. The fraction of sp³-hybridized carbons (Fsp3) is 0.429. The minimum atomic E-state index is -3.19. The Morgan fingerprint density at radius 1 is 1.28 bits per heavy atom. The average Bonchev–Trinajstić information content (AvgIpc) is 2.28. The number of benzene rings is 1. The molecule has 0 unspecified atom stereocenters. The summed E-state index contributed by atoms with van der Waals surface area (Å²) in [5.41, 5.74) is 0.178. The quantitative estimate of drug-likeness (QED) is 0.770. The monoisotopic (exact) mass is 256 g/mol. The lowest BCUT2D eigenvalue weighted by Crippen LogP contribution is -2.26. The molecule has 0 aromatic heterocycles. The molecular weight excluding hydrogens is 241 g/mol. The lowest BCUT2D eigenvalue weighted by Gasteiger charge is -2.32. The van der Waals surface area contributed by atoms with E-state index in [9.17, 15) is 13.2 Å². The van der Waals surface area contributed by atoms with Gasteiger partial charge in [0.1, 0.15) is 11.6 Å². The van der Waals surface area contributed by atoms with Crippen molar-refractivity contribution in [2.45, 2.75) is 25.7 Å². The lowest BCUT2D eigenvalue weighted by atomic mass is 9.78. The van der Waals surface area contributed by atoms with Crippen LogP contribution in [0.5, 0.6) is 0 Å². The Balaban J connectivity index is 2.65. The maximum Gasteiger partial charge on any atom is 0.295 e. The molecule has 0 aliphatic heterocycles. The summed E-state index contributed by atoms with van der Waals surface area (Å²) >= 11 is 0. The first-order chi connectivity index (χ1) is 8.36. The van der Waals surface area contributed by atoms with Gasteiger partial charge in [-0.3, -0.25) is 0 Å². The number of hydrogen-bond acceptors (Lipinski definition) is 1. The van der Waals surface area contributed by atoms with Gasteiger partial charge < -0.3 is 4.74 Å². The van der Waals surface area contributed by atoms with E-state index in [-0.39, 0.29) is 23.2 Å². The van der Waals surface area contributed by atoms with Gasteiger partial charge in [0.05, 0.1) is 7.11 Å². The van der Waals surface area contributed by atoms with Gasteiger partial charge >= 0.3 is 0 Å². The van der Waals surface area contributed by atoms with E-state index >= 15 is 0 Å². The summed E-state index contributed by atoms with van der Waals surface area (Å²) in [6.45, 7) is 3.85. The molecule has 0 radical (unpaired) electrons. The van der Waals surface area contributed by atoms with Crippen LogP contribution < -0.4 is 0 Å². The summed E-state index contributed by atoms with van der Waals surface area (Å²) in [5, 5.41) is 0. The van der Waals surface area contributed by atoms with Crippen LogP contribution in [0.4, 0.5) is 13.2 Å². The number of ether oxygens (including phenoxy) is 1. The van der Waals surface area contributed by atoms with Crippen LogP contribution in [-0.4, -0.2) is 7.11 Å². The molecule has 1 atom stereocenters. The molecule has 0 heterocycles. The summed E-state index contributed by atoms with van der Waals surface area (Å²) < 4.78 is 46.1. The molecule has 0 amide bonds. The maximum absolute atomic E-state index is 13.9. The first-order valence-corrected chi connectivity index (χ1v) is 5.81. The molecule has 0 bridgehead atoms. The Labute approximate surface area is 104 Å². The summed E-state index contributed by atoms with van der Waals surface area (Å²) in [5.74, 6) is -3.75. The minimum Gasteiger partial charge on any atom is -0.501 e. The van der Waals surface area contributed by atoms with E-state index in [4.69, 9.17) is 4.74 Å². The van der Waals surface area contributed by atoms with E-state index in [2.05, 4.69) is 0 Å². The highest BCUT2D eigenvalue weighted by Gasteiger charge is 2.41. The van der Waals surface area contributed by atoms with Crippen LogP contribution in [0.1, 0.15) is 30.9 Å². The molecule has 0 saturated heterocycles. The lowest BCUT2D eigenvalue weighted by molar-refractivity contribution is 0.0377. The third kappa shape index (κ3) is 2.00. The summed E-state index contributed by atoms with van der Waals surface area (Å²) in [4.78, 5) is 0. The van der Waals surface area contributed by atoms with Crippen molar-refractivity contribution in [2.75, 3.05) is 7.11 Å². The topological polar surface area (TPSA) is 9.23 Å². The Hall–Kier alpha value is -1.45. The predicted molar refractivity (Wildman–Crippen MR) is 63.0 cm³/mol.